The van der Waals surface area contributed by atoms with Gasteiger partial charge in [-0.15, -0.1) is 0 Å². The summed E-state index contributed by atoms with van der Waals surface area (Å²) < 4.78 is 0. The highest BCUT2D eigenvalue weighted by molar-refractivity contribution is 7.80. The quantitative estimate of drug-likeness (QED) is 0.834. The summed E-state index contributed by atoms with van der Waals surface area (Å²) in [6.45, 7) is 4.64. The molecule has 2 rings (SSSR count). The molecule has 1 heterocycles. The zero-order valence-electron chi connectivity index (χ0n) is 12.4. The van der Waals surface area contributed by atoms with Crippen molar-refractivity contribution in [1.82, 2.24) is 4.90 Å². The van der Waals surface area contributed by atoms with E-state index in [0.717, 1.165) is 12.3 Å². The monoisotopic (exact) mass is 290 g/mol. The Morgan fingerprint density at radius 3 is 2.70 bits per heavy atom. The molecule has 0 bridgehead atoms. The van der Waals surface area contributed by atoms with Crippen LogP contribution in [-0.2, 0) is 0 Å². The van der Waals surface area contributed by atoms with Crippen LogP contribution in [0.4, 0.5) is 0 Å². The number of hydrogen-bond donors (Lipinski definition) is 1. The van der Waals surface area contributed by atoms with Crippen molar-refractivity contribution >= 4 is 17.2 Å². The third kappa shape index (κ3) is 4.29. The lowest BCUT2D eigenvalue weighted by molar-refractivity contribution is 0.207. The molecular weight excluding hydrogens is 264 g/mol. The van der Waals surface area contributed by atoms with Crippen LogP contribution in [0.15, 0.2) is 30.3 Å². The topological polar surface area (TPSA) is 29.3 Å². The average molecular weight is 290 g/mol. The lowest BCUT2D eigenvalue weighted by Crippen LogP contribution is -2.32. The van der Waals surface area contributed by atoms with Gasteiger partial charge in [0.25, 0.3) is 0 Å². The lowest BCUT2D eigenvalue weighted by Gasteiger charge is -2.31. The maximum Gasteiger partial charge on any atom is 0.0746 e. The van der Waals surface area contributed by atoms with Crippen molar-refractivity contribution in [2.75, 3.05) is 13.1 Å². The van der Waals surface area contributed by atoms with Crippen LogP contribution in [-0.4, -0.2) is 23.0 Å². The molecule has 0 amide bonds. The van der Waals surface area contributed by atoms with Crippen LogP contribution in [0.25, 0.3) is 0 Å². The van der Waals surface area contributed by atoms with Crippen LogP contribution in [0, 0.1) is 5.92 Å². The SMILES string of the molecule is CCC1CCCN(C(CC(N)=S)c2ccccc2)CC1. The van der Waals surface area contributed by atoms with Crippen LogP contribution in [0.2, 0.25) is 0 Å². The van der Waals surface area contributed by atoms with E-state index in [1.54, 1.807) is 0 Å². The molecule has 0 spiro atoms. The van der Waals surface area contributed by atoms with Crippen molar-refractivity contribution in [2.45, 2.75) is 45.1 Å². The van der Waals surface area contributed by atoms with Crippen LogP contribution in [0.5, 0.6) is 0 Å². The van der Waals surface area contributed by atoms with Crippen molar-refractivity contribution in [2.24, 2.45) is 11.7 Å². The second-order valence-electron chi connectivity index (χ2n) is 5.84. The molecule has 2 nitrogen and oxygen atoms in total. The van der Waals surface area contributed by atoms with E-state index in [4.69, 9.17) is 18.0 Å². The molecule has 1 saturated heterocycles. The van der Waals surface area contributed by atoms with Gasteiger partial charge in [-0.05, 0) is 43.8 Å². The summed E-state index contributed by atoms with van der Waals surface area (Å²) >= 11 is 5.17. The molecule has 0 saturated carbocycles. The number of hydrogen-bond acceptors (Lipinski definition) is 2. The predicted octanol–water partition coefficient (Wildman–Crippen LogP) is 3.92. The molecule has 1 aliphatic rings. The van der Waals surface area contributed by atoms with Gasteiger partial charge in [0.05, 0.1) is 4.99 Å². The third-order valence-corrected chi connectivity index (χ3v) is 4.65. The number of rotatable bonds is 5. The smallest absolute Gasteiger partial charge is 0.0746 e. The molecule has 1 aromatic rings. The third-order valence-electron chi connectivity index (χ3n) is 4.48. The van der Waals surface area contributed by atoms with E-state index in [-0.39, 0.29) is 0 Å². The van der Waals surface area contributed by atoms with Gasteiger partial charge < -0.3 is 5.73 Å². The second-order valence-corrected chi connectivity index (χ2v) is 6.36. The summed E-state index contributed by atoms with van der Waals surface area (Å²) in [7, 11) is 0. The number of thiocarbonyl (C=S) groups is 1. The number of benzene rings is 1. The van der Waals surface area contributed by atoms with Gasteiger partial charge in [0.1, 0.15) is 0 Å². The first-order chi connectivity index (χ1) is 9.70. The summed E-state index contributed by atoms with van der Waals surface area (Å²) in [5.41, 5.74) is 7.18. The maximum absolute atomic E-state index is 5.83. The molecule has 20 heavy (non-hydrogen) atoms. The molecule has 0 aliphatic carbocycles. The van der Waals surface area contributed by atoms with Gasteiger partial charge in [-0.1, -0.05) is 55.9 Å². The van der Waals surface area contributed by atoms with E-state index in [1.807, 2.05) is 0 Å². The lowest BCUT2D eigenvalue weighted by atomic mass is 9.98. The standard InChI is InChI=1S/C17H26N2S/c1-2-14-7-6-11-19(12-10-14)16(13-17(18)20)15-8-4-3-5-9-15/h3-5,8-9,14,16H,2,6-7,10-13H2,1H3,(H2,18,20). The summed E-state index contributed by atoms with van der Waals surface area (Å²) in [4.78, 5) is 3.21. The Labute approximate surface area is 128 Å². The molecule has 0 aromatic heterocycles. The Balaban J connectivity index is 2.12. The van der Waals surface area contributed by atoms with Crippen LogP contribution in [0.3, 0.4) is 0 Å². The molecule has 1 aliphatic heterocycles. The van der Waals surface area contributed by atoms with Gasteiger partial charge in [-0.2, -0.15) is 0 Å². The highest BCUT2D eigenvalue weighted by Crippen LogP contribution is 2.29. The fraction of sp³-hybridized carbons (Fsp3) is 0.588. The molecule has 3 heteroatoms. The predicted molar refractivity (Wildman–Crippen MR) is 89.8 cm³/mol. The number of nitrogens with zero attached hydrogens (tertiary/aromatic N) is 1. The second kappa shape index (κ2) is 7.75. The van der Waals surface area contributed by atoms with Crippen LogP contribution < -0.4 is 5.73 Å². The molecule has 0 radical (unpaired) electrons. The van der Waals surface area contributed by atoms with Crippen molar-refractivity contribution in [1.29, 1.82) is 0 Å². The van der Waals surface area contributed by atoms with Crippen molar-refractivity contribution in [3.8, 4) is 0 Å². The number of likely N-dealkylation sites (tertiary alicyclic amines) is 1. The van der Waals surface area contributed by atoms with E-state index >= 15 is 0 Å². The van der Waals surface area contributed by atoms with Crippen molar-refractivity contribution < 1.29 is 0 Å². The Bertz CT molecular complexity index is 418. The van der Waals surface area contributed by atoms with E-state index < -0.39 is 0 Å². The Kier molecular flexibility index (Phi) is 5.99. The molecule has 2 N–H and O–H groups in total. The van der Waals surface area contributed by atoms with Gasteiger partial charge in [-0.3, -0.25) is 4.90 Å². The van der Waals surface area contributed by atoms with Gasteiger partial charge in [-0.25, -0.2) is 0 Å². The average Bonchev–Trinajstić information content (AvgIpc) is 2.71. The molecule has 1 aromatic carbocycles. The summed E-state index contributed by atoms with van der Waals surface area (Å²) in [5, 5.41) is 0. The van der Waals surface area contributed by atoms with Crippen LogP contribution in [0.1, 0.15) is 50.6 Å². The maximum atomic E-state index is 5.83. The summed E-state index contributed by atoms with van der Waals surface area (Å²) in [6, 6.07) is 11.0. The van der Waals surface area contributed by atoms with Crippen LogP contribution >= 0.6 is 12.2 Å². The minimum Gasteiger partial charge on any atom is -0.393 e. The summed E-state index contributed by atoms with van der Waals surface area (Å²) in [5.74, 6) is 0.890. The highest BCUT2D eigenvalue weighted by atomic mass is 32.1. The van der Waals surface area contributed by atoms with Crippen molar-refractivity contribution in [3.63, 3.8) is 0 Å². The fourth-order valence-electron chi connectivity index (χ4n) is 3.23. The van der Waals surface area contributed by atoms with Gasteiger partial charge in [0.15, 0.2) is 0 Å². The zero-order valence-corrected chi connectivity index (χ0v) is 13.2. The number of nitrogens with two attached hydrogens (primary N) is 1. The molecule has 1 fully saturated rings. The van der Waals surface area contributed by atoms with Gasteiger partial charge in [0, 0.05) is 12.5 Å². The highest BCUT2D eigenvalue weighted by Gasteiger charge is 2.24. The van der Waals surface area contributed by atoms with Crippen molar-refractivity contribution in [3.05, 3.63) is 35.9 Å². The molecular formula is C17H26N2S. The van der Waals surface area contributed by atoms with E-state index in [1.165, 1.54) is 44.3 Å². The minimum atomic E-state index is 0.351. The summed E-state index contributed by atoms with van der Waals surface area (Å²) in [6.07, 6.45) is 6.05. The largest absolute Gasteiger partial charge is 0.393 e. The Morgan fingerprint density at radius 2 is 2.05 bits per heavy atom. The minimum absolute atomic E-state index is 0.351. The van der Waals surface area contributed by atoms with E-state index in [0.29, 0.717) is 11.0 Å². The first-order valence-electron chi connectivity index (χ1n) is 7.78. The zero-order chi connectivity index (χ0) is 14.4. The van der Waals surface area contributed by atoms with Gasteiger partial charge >= 0.3 is 0 Å². The molecule has 2 atom stereocenters. The first-order valence-corrected chi connectivity index (χ1v) is 8.18. The Hall–Kier alpha value is -0.930. The fourth-order valence-corrected chi connectivity index (χ4v) is 3.39. The van der Waals surface area contributed by atoms with E-state index in [9.17, 15) is 0 Å². The Morgan fingerprint density at radius 1 is 1.30 bits per heavy atom. The molecule has 2 unspecified atom stereocenters. The normalized spacial score (nSPS) is 22.1. The van der Waals surface area contributed by atoms with Gasteiger partial charge in [0.2, 0.25) is 0 Å². The molecule has 110 valence electrons. The van der Waals surface area contributed by atoms with E-state index in [2.05, 4.69) is 42.2 Å². The first kappa shape index (κ1) is 15.5.